The summed E-state index contributed by atoms with van der Waals surface area (Å²) in [7, 11) is 0. The van der Waals surface area contributed by atoms with Gasteiger partial charge in [-0.05, 0) is 112 Å². The molecule has 0 aromatic carbocycles. The summed E-state index contributed by atoms with van der Waals surface area (Å²) >= 11 is 0. The van der Waals surface area contributed by atoms with Crippen molar-refractivity contribution in [1.29, 1.82) is 0 Å². The lowest BCUT2D eigenvalue weighted by atomic mass is 9.47. The van der Waals surface area contributed by atoms with Gasteiger partial charge in [-0.3, -0.25) is 5.32 Å². The molecule has 15 heteroatoms. The molecule has 1 spiro atoms. The summed E-state index contributed by atoms with van der Waals surface area (Å²) in [5.41, 5.74) is 1.64. The second-order valence-corrected chi connectivity index (χ2v) is 21.1. The Morgan fingerprint density at radius 2 is 1.43 bits per heavy atom. The van der Waals surface area contributed by atoms with Crippen molar-refractivity contribution in [2.45, 2.75) is 210 Å². The Hall–Kier alpha value is -0.860. The molecule has 9 aliphatic rings. The van der Waals surface area contributed by atoms with Crippen LogP contribution in [0.2, 0.25) is 0 Å². The van der Waals surface area contributed by atoms with Gasteiger partial charge in [0.05, 0.1) is 37.1 Å². The quantitative estimate of drug-likeness (QED) is 0.172. The van der Waals surface area contributed by atoms with Gasteiger partial charge in [-0.15, -0.1) is 0 Å². The number of aliphatic hydroxyl groups excluding tert-OH is 7. The van der Waals surface area contributed by atoms with E-state index in [2.05, 4.69) is 39.1 Å². The number of hydrogen-bond acceptors (Lipinski definition) is 15. The smallest absolute Gasteiger partial charge is 0.187 e. The van der Waals surface area contributed by atoms with Gasteiger partial charge in [0.2, 0.25) is 0 Å². The van der Waals surface area contributed by atoms with Crippen molar-refractivity contribution in [3.63, 3.8) is 0 Å². The van der Waals surface area contributed by atoms with Gasteiger partial charge in [-0.2, -0.15) is 0 Å². The summed E-state index contributed by atoms with van der Waals surface area (Å²) in [5, 5.41) is 78.0. The van der Waals surface area contributed by atoms with E-state index in [1.54, 1.807) is 6.92 Å². The lowest BCUT2D eigenvalue weighted by Gasteiger charge is -2.59. The van der Waals surface area contributed by atoms with Crippen molar-refractivity contribution in [3.8, 4) is 0 Å². The second-order valence-electron chi connectivity index (χ2n) is 21.1. The molecule has 60 heavy (non-hydrogen) atoms. The average Bonchev–Trinajstić information content (AvgIpc) is 3.67. The first-order valence-electron chi connectivity index (χ1n) is 23.2. The summed E-state index contributed by atoms with van der Waals surface area (Å²) in [5.74, 6) is 3.66. The van der Waals surface area contributed by atoms with Crippen molar-refractivity contribution >= 4 is 0 Å². The summed E-state index contributed by atoms with van der Waals surface area (Å²) in [6.45, 7) is 13.5. The van der Waals surface area contributed by atoms with E-state index in [0.29, 0.717) is 41.6 Å². The Balaban J connectivity index is 0.888. The predicted octanol–water partition coefficient (Wildman–Crippen LogP) is 1.84. The highest BCUT2D eigenvalue weighted by Gasteiger charge is 2.68. The van der Waals surface area contributed by atoms with E-state index < -0.39 is 92.6 Å². The fourth-order valence-corrected chi connectivity index (χ4v) is 14.2. The molecule has 0 aromatic rings. The van der Waals surface area contributed by atoms with Crippen LogP contribution < -0.4 is 5.32 Å². The number of ether oxygens (including phenoxy) is 7. The fraction of sp³-hybridized carbons (Fsp3) is 0.956. The normalized spacial score (nSPS) is 57.9. The monoisotopic (exact) mass is 852 g/mol. The van der Waals surface area contributed by atoms with E-state index in [9.17, 15) is 35.7 Å². The van der Waals surface area contributed by atoms with Crippen molar-refractivity contribution < 1.29 is 68.9 Å². The highest BCUT2D eigenvalue weighted by atomic mass is 16.8. The third-order valence-electron chi connectivity index (χ3n) is 17.8. The molecule has 4 aliphatic carbocycles. The van der Waals surface area contributed by atoms with Gasteiger partial charge in [0.25, 0.3) is 0 Å². The van der Waals surface area contributed by atoms with Gasteiger partial charge in [0, 0.05) is 18.9 Å². The number of rotatable bonds is 7. The first-order chi connectivity index (χ1) is 28.5. The van der Waals surface area contributed by atoms with Crippen LogP contribution in [0.1, 0.15) is 106 Å². The second kappa shape index (κ2) is 16.5. The van der Waals surface area contributed by atoms with E-state index in [0.717, 1.165) is 45.1 Å². The topological polar surface area (TPSA) is 218 Å². The van der Waals surface area contributed by atoms with E-state index in [-0.39, 0.29) is 29.1 Å². The van der Waals surface area contributed by atoms with Crippen LogP contribution in [0.25, 0.3) is 0 Å². The largest absolute Gasteiger partial charge is 0.394 e. The number of allylic oxidation sites excluding steroid dienone is 1. The maximum atomic E-state index is 10.9. The van der Waals surface area contributed by atoms with Crippen molar-refractivity contribution in [2.75, 3.05) is 13.2 Å². The number of hydrogen-bond donors (Lipinski definition) is 8. The highest BCUT2D eigenvalue weighted by molar-refractivity contribution is 5.26. The summed E-state index contributed by atoms with van der Waals surface area (Å²) in [6, 6.07) is 0. The molecule has 5 aliphatic heterocycles. The van der Waals surface area contributed by atoms with E-state index in [1.807, 2.05) is 0 Å². The Morgan fingerprint density at radius 1 is 0.750 bits per heavy atom. The summed E-state index contributed by atoms with van der Waals surface area (Å²) in [6.07, 6.45) is -5.23. The molecule has 0 amide bonds. The molecule has 15 nitrogen and oxygen atoms in total. The SMILES string of the molecule is C[C@@H]1CC[C@@]2(NC1)O[C@H]1C[C@H]3[C@@H]4CC=C5C[C@@H](O[C@H]6C[C@@H](O[C@@H]7O[C@H](C)[C@H](O)[C@H](O)[C@H]7O)[C@H](O[C@H]7O[C@H](C)[C@@H](O)[C@H](O)[C@@H]7O)[C@@H](CO)O6)CC[C@@]5(C)[C@H]4CC[C@@]3(C)[C@@H]1[C@@H]2C. The van der Waals surface area contributed by atoms with Crippen LogP contribution in [0.3, 0.4) is 0 Å². The van der Waals surface area contributed by atoms with Crippen LogP contribution in [0.5, 0.6) is 0 Å². The lowest BCUT2D eigenvalue weighted by molar-refractivity contribution is -0.369. The number of fused-ring (bicyclic) bond motifs is 7. The molecule has 5 heterocycles. The minimum atomic E-state index is -1.63. The molecule has 342 valence electrons. The van der Waals surface area contributed by atoms with Gasteiger partial charge < -0.3 is 68.9 Å². The summed E-state index contributed by atoms with van der Waals surface area (Å²) < 4.78 is 44.2. The zero-order valence-electron chi connectivity index (χ0n) is 36.3. The van der Waals surface area contributed by atoms with Crippen molar-refractivity contribution in [1.82, 2.24) is 5.32 Å². The summed E-state index contributed by atoms with van der Waals surface area (Å²) in [4.78, 5) is 0. The van der Waals surface area contributed by atoms with Crippen LogP contribution in [0.15, 0.2) is 11.6 Å². The zero-order chi connectivity index (χ0) is 42.6. The molecule has 5 saturated heterocycles. The Bertz CT molecular complexity index is 1560. The standard InChI is InChI=1S/C45H73NO14/c1-20-9-14-45(46-18-20)21(2)33-29(60-45)16-28-26-8-7-24-15-25(10-12-43(24,5)27(26)11-13-44(28,33)6)56-32-17-30(58-41-38(52)36(50)34(48)22(3)54-41)40(31(19-47)57-32)59-42-39(53)37(51)35(49)23(4)55-42/h7,20-23,25-42,46-53H,8-19H2,1-6H3/t20-,21+,22-,23-,25+,26-,27+,28+,29+,30-,31-,32-,33-,34+,35-,36+,37+,38-,39+,40+,41+,42-,43-,44-,45-/m1/s1. The van der Waals surface area contributed by atoms with Gasteiger partial charge in [0.15, 0.2) is 18.9 Å². The molecule has 8 N–H and O–H groups in total. The maximum absolute atomic E-state index is 10.9. The Kier molecular flexibility index (Phi) is 12.2. The molecule has 0 radical (unpaired) electrons. The molecular formula is C45H73NO14. The number of piperidine rings is 1. The van der Waals surface area contributed by atoms with Crippen LogP contribution in [-0.4, -0.2) is 153 Å². The molecule has 3 saturated carbocycles. The number of aliphatic hydroxyl groups is 7. The Morgan fingerprint density at radius 3 is 2.08 bits per heavy atom. The molecule has 0 unspecified atom stereocenters. The van der Waals surface area contributed by atoms with Crippen LogP contribution in [-0.2, 0) is 33.2 Å². The van der Waals surface area contributed by atoms with E-state index in [4.69, 9.17) is 33.2 Å². The van der Waals surface area contributed by atoms with Crippen LogP contribution >= 0.6 is 0 Å². The van der Waals surface area contributed by atoms with Gasteiger partial charge >= 0.3 is 0 Å². The first-order valence-corrected chi connectivity index (χ1v) is 23.2. The first kappa shape index (κ1) is 44.3. The molecule has 8 fully saturated rings. The van der Waals surface area contributed by atoms with Crippen LogP contribution in [0.4, 0.5) is 0 Å². The molecule has 0 aromatic heterocycles. The minimum absolute atomic E-state index is 0.0702. The van der Waals surface area contributed by atoms with Crippen LogP contribution in [0, 0.1) is 46.3 Å². The predicted molar refractivity (Wildman–Crippen MR) is 213 cm³/mol. The zero-order valence-corrected chi connectivity index (χ0v) is 36.3. The number of nitrogens with one attached hydrogen (secondary N) is 1. The van der Waals surface area contributed by atoms with Crippen molar-refractivity contribution in [2.24, 2.45) is 46.3 Å². The lowest BCUT2D eigenvalue weighted by Crippen LogP contribution is -2.63. The molecule has 0 bridgehead atoms. The van der Waals surface area contributed by atoms with Crippen molar-refractivity contribution in [3.05, 3.63) is 11.6 Å². The minimum Gasteiger partial charge on any atom is -0.394 e. The fourth-order valence-electron chi connectivity index (χ4n) is 14.2. The van der Waals surface area contributed by atoms with Gasteiger partial charge in [0.1, 0.15) is 54.6 Å². The van der Waals surface area contributed by atoms with Gasteiger partial charge in [-0.1, -0.05) is 39.3 Å². The van der Waals surface area contributed by atoms with E-state index in [1.165, 1.54) is 31.8 Å². The average molecular weight is 852 g/mol. The van der Waals surface area contributed by atoms with E-state index >= 15 is 0 Å². The molecule has 25 atom stereocenters. The molecular weight excluding hydrogens is 778 g/mol. The third kappa shape index (κ3) is 7.29. The Labute approximate surface area is 354 Å². The van der Waals surface area contributed by atoms with Gasteiger partial charge in [-0.25, -0.2) is 0 Å². The maximum Gasteiger partial charge on any atom is 0.187 e. The highest BCUT2D eigenvalue weighted by Crippen LogP contribution is 2.70. The third-order valence-corrected chi connectivity index (χ3v) is 17.8. The molecule has 9 rings (SSSR count).